The number of fused-ring (bicyclic) bond motifs is 4. The van der Waals surface area contributed by atoms with Gasteiger partial charge in [-0.15, -0.1) is 0 Å². The second kappa shape index (κ2) is 4.57. The molecule has 1 N–H and O–H groups in total. The summed E-state index contributed by atoms with van der Waals surface area (Å²) in [5.41, 5.74) is 8.50. The van der Waals surface area contributed by atoms with Crippen LogP contribution in [-0.2, 0) is 14.3 Å². The Morgan fingerprint density at radius 3 is 3.28 bits per heavy atom. The first-order chi connectivity index (χ1) is 8.69. The predicted molar refractivity (Wildman–Crippen MR) is 68.0 cm³/mol. The normalized spacial score (nSPS) is 38.2. The zero-order chi connectivity index (χ0) is 12.7. The van der Waals surface area contributed by atoms with Crippen molar-refractivity contribution in [3.63, 3.8) is 0 Å². The van der Waals surface area contributed by atoms with Crippen LogP contribution in [-0.4, -0.2) is 42.1 Å². The average Bonchev–Trinajstić information content (AvgIpc) is 2.65. The number of azide groups is 1. The van der Waals surface area contributed by atoms with Crippen LogP contribution in [0.5, 0.6) is 0 Å². The van der Waals surface area contributed by atoms with Crippen LogP contribution in [0.2, 0.25) is 0 Å². The highest BCUT2D eigenvalue weighted by Gasteiger charge is 2.44. The maximum Gasteiger partial charge on any atom is 0.262 e. The molecule has 3 rings (SSSR count). The zero-order valence-corrected chi connectivity index (χ0v) is 11.4. The van der Waals surface area contributed by atoms with Crippen molar-refractivity contribution in [2.24, 2.45) is 5.11 Å². The molecule has 9 heteroatoms. The highest BCUT2D eigenvalue weighted by molar-refractivity contribution is 14.1. The van der Waals surface area contributed by atoms with E-state index in [-0.39, 0.29) is 24.3 Å². The molecule has 3 aliphatic heterocycles. The Labute approximate surface area is 116 Å². The average molecular weight is 363 g/mol. The summed E-state index contributed by atoms with van der Waals surface area (Å²) in [5.74, 6) is -0.152. The summed E-state index contributed by atoms with van der Waals surface area (Å²) in [6.07, 6.45) is 1.33. The molecular weight excluding hydrogens is 353 g/mol. The number of hydrogen-bond acceptors (Lipinski definition) is 5. The van der Waals surface area contributed by atoms with E-state index < -0.39 is 6.35 Å². The number of rotatable bonds is 1. The maximum atomic E-state index is 11.5. The van der Waals surface area contributed by atoms with Gasteiger partial charge in [-0.1, -0.05) is 5.11 Å². The van der Waals surface area contributed by atoms with E-state index in [1.807, 2.05) is 27.5 Å². The molecule has 2 saturated heterocycles. The molecule has 0 radical (unpaired) electrons. The fourth-order valence-electron chi connectivity index (χ4n) is 2.30. The minimum absolute atomic E-state index is 0.152. The maximum absolute atomic E-state index is 11.5. The van der Waals surface area contributed by atoms with Gasteiger partial charge in [-0.25, -0.2) is 0 Å². The Morgan fingerprint density at radius 2 is 2.50 bits per heavy atom. The molecule has 0 spiro atoms. The van der Waals surface area contributed by atoms with E-state index in [1.54, 1.807) is 6.20 Å². The number of nitrogens with one attached hydrogen (secondary N) is 1. The van der Waals surface area contributed by atoms with Crippen LogP contribution in [0.1, 0.15) is 6.42 Å². The summed E-state index contributed by atoms with van der Waals surface area (Å²) < 4.78 is 11.9. The second-order valence-corrected chi connectivity index (χ2v) is 5.38. The molecule has 4 atom stereocenters. The molecule has 18 heavy (non-hydrogen) atoms. The topological polar surface area (TPSA) is 99.6 Å². The van der Waals surface area contributed by atoms with Crippen LogP contribution in [0.3, 0.4) is 0 Å². The molecule has 0 aromatic heterocycles. The van der Waals surface area contributed by atoms with Gasteiger partial charge < -0.3 is 19.7 Å². The number of hydrogen-bond donors (Lipinski definition) is 1. The number of carbonyl (C=O) groups excluding carboxylic acids is 1. The van der Waals surface area contributed by atoms with Crippen LogP contribution in [0.25, 0.3) is 10.4 Å². The van der Waals surface area contributed by atoms with Crippen molar-refractivity contribution in [1.29, 1.82) is 0 Å². The second-order valence-electron chi connectivity index (χ2n) is 4.22. The van der Waals surface area contributed by atoms with Gasteiger partial charge in [0, 0.05) is 17.5 Å². The van der Waals surface area contributed by atoms with Gasteiger partial charge >= 0.3 is 0 Å². The number of amides is 1. The molecule has 96 valence electrons. The Bertz CT molecular complexity index is 463. The SMILES string of the molecule is [N-]=[N+]=N[C@H]1C[C@H]2O[C@@H]1COC1NC(=O)C(I)=CN12. The highest BCUT2D eigenvalue weighted by atomic mass is 127. The Kier molecular flexibility index (Phi) is 3.06. The molecule has 3 heterocycles. The van der Waals surface area contributed by atoms with Crippen LogP contribution in [0.15, 0.2) is 14.9 Å². The summed E-state index contributed by atoms with van der Waals surface area (Å²) in [6, 6.07) is -0.218. The van der Waals surface area contributed by atoms with E-state index >= 15 is 0 Å². The molecule has 0 aliphatic carbocycles. The van der Waals surface area contributed by atoms with Crippen LogP contribution >= 0.6 is 22.6 Å². The summed E-state index contributed by atoms with van der Waals surface area (Å²) in [7, 11) is 0. The predicted octanol–water partition coefficient (Wildman–Crippen LogP) is 0.802. The molecule has 0 aromatic rings. The number of carbonyl (C=O) groups is 1. The third kappa shape index (κ3) is 1.92. The van der Waals surface area contributed by atoms with Gasteiger partial charge in [-0.05, 0) is 28.1 Å². The largest absolute Gasteiger partial charge is 0.352 e. The van der Waals surface area contributed by atoms with E-state index in [0.717, 1.165) is 0 Å². The Morgan fingerprint density at radius 1 is 1.67 bits per heavy atom. The van der Waals surface area contributed by atoms with Crippen molar-refractivity contribution in [3.8, 4) is 0 Å². The monoisotopic (exact) mass is 363 g/mol. The molecular formula is C9H10IN5O3. The highest BCUT2D eigenvalue weighted by Crippen LogP contribution is 2.33. The van der Waals surface area contributed by atoms with E-state index in [1.165, 1.54) is 0 Å². The standard InChI is InChI=1S/C9H10IN5O3/c10-4-2-15-7-1-5(13-14-11)6(18-7)3-17-9(15)12-8(4)16/h2,5-7,9H,1,3H2,(H,12,16)/t5-,6+,7+,9?/m0/s1. The quantitative estimate of drug-likeness (QED) is 0.322. The Balaban J connectivity index is 1.87. The summed E-state index contributed by atoms with van der Waals surface area (Å²) >= 11 is 1.96. The first kappa shape index (κ1) is 12.0. The van der Waals surface area contributed by atoms with Crippen molar-refractivity contribution in [1.82, 2.24) is 10.2 Å². The molecule has 1 unspecified atom stereocenters. The summed E-state index contributed by atoms with van der Waals surface area (Å²) in [6.45, 7) is 0.298. The van der Waals surface area contributed by atoms with Gasteiger partial charge in [0.15, 0.2) is 0 Å². The van der Waals surface area contributed by atoms with Gasteiger partial charge in [0.05, 0.1) is 22.3 Å². The molecule has 0 saturated carbocycles. The van der Waals surface area contributed by atoms with Gasteiger partial charge in [-0.3, -0.25) is 4.79 Å². The first-order valence-electron chi connectivity index (χ1n) is 5.46. The van der Waals surface area contributed by atoms with Crippen LogP contribution in [0.4, 0.5) is 0 Å². The number of ether oxygens (including phenoxy) is 2. The lowest BCUT2D eigenvalue weighted by Gasteiger charge is -2.36. The lowest BCUT2D eigenvalue weighted by molar-refractivity contribution is -0.133. The minimum atomic E-state index is -0.502. The van der Waals surface area contributed by atoms with Gasteiger partial charge in [0.1, 0.15) is 6.23 Å². The van der Waals surface area contributed by atoms with Crippen molar-refractivity contribution < 1.29 is 14.3 Å². The smallest absolute Gasteiger partial charge is 0.262 e. The number of nitrogens with zero attached hydrogens (tertiary/aromatic N) is 4. The lowest BCUT2D eigenvalue weighted by Crippen LogP contribution is -2.54. The minimum Gasteiger partial charge on any atom is -0.352 e. The van der Waals surface area contributed by atoms with Gasteiger partial charge in [0.25, 0.3) is 5.91 Å². The Hall–Kier alpha value is -1.03. The number of halogens is 1. The summed E-state index contributed by atoms with van der Waals surface area (Å²) in [4.78, 5) is 16.2. The van der Waals surface area contributed by atoms with E-state index in [2.05, 4.69) is 15.3 Å². The molecule has 2 bridgehead atoms. The van der Waals surface area contributed by atoms with Gasteiger partial charge in [-0.2, -0.15) is 0 Å². The van der Waals surface area contributed by atoms with Crippen molar-refractivity contribution in [2.45, 2.75) is 31.1 Å². The fraction of sp³-hybridized carbons (Fsp3) is 0.667. The van der Waals surface area contributed by atoms with E-state index in [9.17, 15) is 4.79 Å². The van der Waals surface area contributed by atoms with E-state index in [4.69, 9.17) is 15.0 Å². The molecule has 2 fully saturated rings. The first-order valence-corrected chi connectivity index (χ1v) is 6.54. The van der Waals surface area contributed by atoms with Crippen LogP contribution in [0, 0.1) is 0 Å². The third-order valence-electron chi connectivity index (χ3n) is 3.16. The molecule has 0 aromatic carbocycles. The third-order valence-corrected chi connectivity index (χ3v) is 3.93. The molecule has 8 nitrogen and oxygen atoms in total. The molecule has 3 aliphatic rings. The van der Waals surface area contributed by atoms with Crippen molar-refractivity contribution in [2.75, 3.05) is 6.61 Å². The van der Waals surface area contributed by atoms with Crippen LogP contribution < -0.4 is 5.32 Å². The molecule has 1 amide bonds. The lowest BCUT2D eigenvalue weighted by atomic mass is 10.1. The summed E-state index contributed by atoms with van der Waals surface area (Å²) in [5, 5.41) is 6.46. The van der Waals surface area contributed by atoms with Crippen molar-refractivity contribution in [3.05, 3.63) is 20.2 Å². The fourth-order valence-corrected chi connectivity index (χ4v) is 2.77. The zero-order valence-electron chi connectivity index (χ0n) is 9.19. The van der Waals surface area contributed by atoms with E-state index in [0.29, 0.717) is 16.6 Å². The van der Waals surface area contributed by atoms with Crippen molar-refractivity contribution >= 4 is 28.5 Å². The van der Waals surface area contributed by atoms with Gasteiger partial charge in [0.2, 0.25) is 6.35 Å².